The smallest absolute Gasteiger partial charge is 0.462 e. The molecule has 17 nitrogen and oxygen atoms in total. The first kappa shape index (κ1) is 93.0. The van der Waals surface area contributed by atoms with E-state index in [-0.39, 0.29) is 25.7 Å². The van der Waals surface area contributed by atoms with E-state index in [4.69, 9.17) is 37.0 Å². The van der Waals surface area contributed by atoms with Crippen LogP contribution in [0.25, 0.3) is 0 Å². The Morgan fingerprint density at radius 2 is 0.542 bits per heavy atom. The molecule has 0 bridgehead atoms. The molecule has 2 unspecified atom stereocenters. The summed E-state index contributed by atoms with van der Waals surface area (Å²) in [6.45, 7) is 4.86. The molecule has 19 heteroatoms. The van der Waals surface area contributed by atoms with Crippen molar-refractivity contribution in [2.75, 3.05) is 39.6 Å². The van der Waals surface area contributed by atoms with Crippen LogP contribution in [-0.2, 0) is 65.4 Å². The fourth-order valence-electron chi connectivity index (χ4n) is 10.8. The van der Waals surface area contributed by atoms with Gasteiger partial charge in [-0.3, -0.25) is 37.3 Å². The number of hydrogen-bond donors (Lipinski definition) is 3. The number of carbonyl (C=O) groups excluding carboxylic acids is 4. The second-order valence-electron chi connectivity index (χ2n) is 26.3. The first-order valence-corrected chi connectivity index (χ1v) is 41.9. The SMILES string of the molecule is CCCCC/C=C\C/C=C\CCCCCCCC(=O)O[C@H](COC(=O)CCCCCCC/C=C\C=C/CCCCCC)COP(=O)(O)OC[C@@H](O)COP(=O)(O)OC[C@@H](COC(=O)CCCCCCCCCCCCCCC)OC(=O)CCCCCCCCCCCCCCC. The lowest BCUT2D eigenvalue weighted by molar-refractivity contribution is -0.161. The fraction of sp³-hybridized carbons (Fsp3) is 0.844. The maximum absolute atomic E-state index is 13.1. The number of aliphatic hydroxyl groups excluding tert-OH is 1. The summed E-state index contributed by atoms with van der Waals surface area (Å²) >= 11 is 0. The molecule has 0 aromatic rings. The molecule has 0 aliphatic heterocycles. The highest BCUT2D eigenvalue weighted by atomic mass is 31.2. The van der Waals surface area contributed by atoms with E-state index in [1.165, 1.54) is 154 Å². The number of ether oxygens (including phenoxy) is 4. The molecule has 3 N–H and O–H groups in total. The minimum Gasteiger partial charge on any atom is -0.462 e. The Kier molecular flexibility index (Phi) is 68.3. The first-order valence-electron chi connectivity index (χ1n) is 38.9. The molecular weight excluding hydrogens is 1260 g/mol. The molecule has 0 rings (SSSR count). The maximum atomic E-state index is 13.1. The van der Waals surface area contributed by atoms with Gasteiger partial charge in [0.2, 0.25) is 0 Å². The molecule has 0 aromatic heterocycles. The largest absolute Gasteiger partial charge is 0.472 e. The third-order valence-electron chi connectivity index (χ3n) is 16.8. The highest BCUT2D eigenvalue weighted by Crippen LogP contribution is 2.45. The molecule has 5 atom stereocenters. The highest BCUT2D eigenvalue weighted by Gasteiger charge is 2.30. The number of aliphatic hydroxyl groups is 1. The van der Waals surface area contributed by atoms with Crippen LogP contribution < -0.4 is 0 Å². The molecule has 0 aromatic carbocycles. The van der Waals surface area contributed by atoms with Crippen LogP contribution >= 0.6 is 15.6 Å². The summed E-state index contributed by atoms with van der Waals surface area (Å²) in [4.78, 5) is 72.8. The minimum absolute atomic E-state index is 0.0802. The number of phosphoric acid groups is 2. The van der Waals surface area contributed by atoms with Crippen molar-refractivity contribution in [3.8, 4) is 0 Å². The van der Waals surface area contributed by atoms with Gasteiger partial charge in [-0.2, -0.15) is 0 Å². The van der Waals surface area contributed by atoms with Gasteiger partial charge in [0.05, 0.1) is 26.4 Å². The van der Waals surface area contributed by atoms with Crippen molar-refractivity contribution < 1.29 is 80.2 Å². The Labute approximate surface area is 585 Å². The van der Waals surface area contributed by atoms with Gasteiger partial charge in [0.1, 0.15) is 19.3 Å². The predicted octanol–water partition coefficient (Wildman–Crippen LogP) is 22.1. The number of unbranched alkanes of at least 4 members (excludes halogenated alkanes) is 41. The topological polar surface area (TPSA) is 237 Å². The summed E-state index contributed by atoms with van der Waals surface area (Å²) in [7, 11) is -9.93. The number of hydrogen-bond acceptors (Lipinski definition) is 15. The van der Waals surface area contributed by atoms with Crippen LogP contribution in [0.2, 0.25) is 0 Å². The quantitative estimate of drug-likeness (QED) is 0.0128. The molecule has 0 spiro atoms. The van der Waals surface area contributed by atoms with Gasteiger partial charge in [0, 0.05) is 25.7 Å². The van der Waals surface area contributed by atoms with Crippen molar-refractivity contribution in [3.63, 3.8) is 0 Å². The van der Waals surface area contributed by atoms with Crippen LogP contribution in [0.3, 0.4) is 0 Å². The summed E-state index contributed by atoms with van der Waals surface area (Å²) < 4.78 is 68.5. The van der Waals surface area contributed by atoms with Crippen molar-refractivity contribution >= 4 is 39.5 Å². The molecule has 0 fully saturated rings. The van der Waals surface area contributed by atoms with E-state index in [1.807, 2.05) is 0 Å². The average molecular weight is 1400 g/mol. The van der Waals surface area contributed by atoms with Crippen LogP contribution in [0.4, 0.5) is 0 Å². The second kappa shape index (κ2) is 70.5. The molecule has 96 heavy (non-hydrogen) atoms. The fourth-order valence-corrected chi connectivity index (χ4v) is 12.4. The van der Waals surface area contributed by atoms with Crippen molar-refractivity contribution in [1.82, 2.24) is 0 Å². The summed E-state index contributed by atoms with van der Waals surface area (Å²) in [5, 5.41) is 10.6. The van der Waals surface area contributed by atoms with Crippen LogP contribution in [0.1, 0.15) is 362 Å². The van der Waals surface area contributed by atoms with E-state index < -0.39 is 97.5 Å². The van der Waals surface area contributed by atoms with Gasteiger partial charge in [-0.05, 0) is 83.5 Å². The molecule has 0 heterocycles. The Bertz CT molecular complexity index is 2010. The summed E-state index contributed by atoms with van der Waals surface area (Å²) in [6.07, 6.45) is 66.6. The number of allylic oxidation sites excluding steroid dienone is 8. The van der Waals surface area contributed by atoms with E-state index in [1.54, 1.807) is 0 Å². The molecule has 0 aliphatic rings. The Morgan fingerprint density at radius 1 is 0.302 bits per heavy atom. The van der Waals surface area contributed by atoms with Gasteiger partial charge in [0.25, 0.3) is 0 Å². The second-order valence-corrected chi connectivity index (χ2v) is 29.2. The van der Waals surface area contributed by atoms with Gasteiger partial charge < -0.3 is 33.8 Å². The van der Waals surface area contributed by atoms with Crippen molar-refractivity contribution in [3.05, 3.63) is 48.6 Å². The third kappa shape index (κ3) is 69.5. The first-order chi connectivity index (χ1) is 46.7. The standard InChI is InChI=1S/C77H142O17P2/c1-5-9-13-17-21-25-29-33-35-39-42-46-50-54-58-62-75(80)88-68-73(94-77(82)64-60-56-52-48-44-40-36-34-30-26-22-18-14-10-6-2)70-92-96(85,86)90-66-71(78)65-89-95(83,84)91-69-72(93-76(81)63-59-55-51-47-43-38-32-28-24-20-16-12-8-4)67-87-74(79)61-57-53-49-45-41-37-31-27-23-19-15-11-7-3/h22,25-26,29,33-36,71-73,78H,5-21,23-24,27-28,30-32,37-70H2,1-4H3,(H,83,84)(H,85,86)/b26-22-,29-25-,35-33-,36-34-/t71-,72+,73+/m0/s1. The zero-order valence-corrected chi connectivity index (χ0v) is 63.1. The number of phosphoric ester groups is 2. The van der Waals surface area contributed by atoms with Crippen LogP contribution in [0, 0.1) is 0 Å². The number of esters is 4. The van der Waals surface area contributed by atoms with E-state index >= 15 is 0 Å². The van der Waals surface area contributed by atoms with Gasteiger partial charge in [-0.15, -0.1) is 0 Å². The highest BCUT2D eigenvalue weighted by molar-refractivity contribution is 7.47. The van der Waals surface area contributed by atoms with E-state index in [9.17, 15) is 43.2 Å². The van der Waals surface area contributed by atoms with Crippen LogP contribution in [0.15, 0.2) is 48.6 Å². The normalized spacial score (nSPS) is 14.2. The molecule has 0 aliphatic carbocycles. The van der Waals surface area contributed by atoms with Gasteiger partial charge in [-0.1, -0.05) is 301 Å². The number of rotatable bonds is 74. The number of carbonyl (C=O) groups is 4. The molecule has 0 amide bonds. The van der Waals surface area contributed by atoms with Gasteiger partial charge in [0.15, 0.2) is 12.2 Å². The molecule has 0 saturated heterocycles. The Hall–Kier alpha value is -2.98. The van der Waals surface area contributed by atoms with E-state index in [2.05, 4.69) is 76.3 Å². The third-order valence-corrected chi connectivity index (χ3v) is 18.7. The summed E-state index contributed by atoms with van der Waals surface area (Å²) in [5.41, 5.74) is 0. The summed E-state index contributed by atoms with van der Waals surface area (Å²) in [5.74, 6) is -2.17. The Morgan fingerprint density at radius 3 is 0.865 bits per heavy atom. The lowest BCUT2D eigenvalue weighted by Gasteiger charge is -2.21. The lowest BCUT2D eigenvalue weighted by atomic mass is 10.0. The molecular formula is C77H142O17P2. The Balaban J connectivity index is 5.33. The van der Waals surface area contributed by atoms with Gasteiger partial charge in [-0.25, -0.2) is 9.13 Å². The maximum Gasteiger partial charge on any atom is 0.472 e. The van der Waals surface area contributed by atoms with E-state index in [0.717, 1.165) is 128 Å². The van der Waals surface area contributed by atoms with Crippen molar-refractivity contribution in [2.24, 2.45) is 0 Å². The summed E-state index contributed by atoms with van der Waals surface area (Å²) in [6, 6.07) is 0. The predicted molar refractivity (Wildman–Crippen MR) is 390 cm³/mol. The monoisotopic (exact) mass is 1400 g/mol. The molecule has 562 valence electrons. The van der Waals surface area contributed by atoms with Gasteiger partial charge >= 0.3 is 39.5 Å². The van der Waals surface area contributed by atoms with Crippen LogP contribution in [0.5, 0.6) is 0 Å². The zero-order valence-electron chi connectivity index (χ0n) is 61.3. The van der Waals surface area contributed by atoms with Crippen LogP contribution in [-0.4, -0.2) is 96.7 Å². The van der Waals surface area contributed by atoms with Crippen molar-refractivity contribution in [1.29, 1.82) is 0 Å². The van der Waals surface area contributed by atoms with Crippen molar-refractivity contribution in [2.45, 2.75) is 380 Å². The molecule has 0 saturated carbocycles. The minimum atomic E-state index is -4.97. The lowest BCUT2D eigenvalue weighted by Crippen LogP contribution is -2.30. The average Bonchev–Trinajstić information content (AvgIpc) is 1.43. The van der Waals surface area contributed by atoms with E-state index in [0.29, 0.717) is 25.7 Å². The molecule has 0 radical (unpaired) electrons. The zero-order chi connectivity index (χ0) is 70.4.